The van der Waals surface area contributed by atoms with E-state index in [4.69, 9.17) is 0 Å². The molecule has 1 aromatic carbocycles. The van der Waals surface area contributed by atoms with E-state index in [0.717, 1.165) is 62.3 Å². The Labute approximate surface area is 161 Å². The first kappa shape index (κ1) is 19.6. The summed E-state index contributed by atoms with van der Waals surface area (Å²) in [6.07, 6.45) is 0.861. The Bertz CT molecular complexity index is 819. The van der Waals surface area contributed by atoms with E-state index in [0.29, 0.717) is 12.1 Å². The number of Topliss-reactive ketones (excluding diaryl/α,β-unsaturated/α-hetero) is 1. The van der Waals surface area contributed by atoms with E-state index in [1.807, 2.05) is 42.8 Å². The molecule has 1 aromatic heterocycles. The van der Waals surface area contributed by atoms with Crippen LogP contribution in [0.5, 0.6) is 0 Å². The molecule has 6 heteroatoms. The summed E-state index contributed by atoms with van der Waals surface area (Å²) in [4.78, 5) is 30.0. The number of hydrogen-bond donors (Lipinski definition) is 1. The second kappa shape index (κ2) is 8.67. The van der Waals surface area contributed by atoms with Crippen molar-refractivity contribution in [3.63, 3.8) is 0 Å². The van der Waals surface area contributed by atoms with E-state index < -0.39 is 11.7 Å². The van der Waals surface area contributed by atoms with Crippen molar-refractivity contribution in [2.45, 2.75) is 20.3 Å². The average molecular weight is 370 g/mol. The third kappa shape index (κ3) is 4.22. The zero-order valence-corrected chi connectivity index (χ0v) is 16.6. The van der Waals surface area contributed by atoms with Crippen LogP contribution < -0.4 is 5.32 Å². The molecule has 2 heterocycles. The molecule has 6 nitrogen and oxygen atoms in total. The molecule has 1 amide bonds. The molecule has 0 bridgehead atoms. The Hall–Kier alpha value is -2.18. The maximum Gasteiger partial charge on any atom is 0.292 e. The van der Waals surface area contributed by atoms with E-state index >= 15 is 0 Å². The van der Waals surface area contributed by atoms with E-state index in [1.54, 1.807) is 0 Å². The third-order valence-corrected chi connectivity index (χ3v) is 5.68. The predicted molar refractivity (Wildman–Crippen MR) is 108 cm³/mol. The summed E-state index contributed by atoms with van der Waals surface area (Å²) in [5.41, 5.74) is 2.31. The van der Waals surface area contributed by atoms with Crippen LogP contribution in [0.25, 0.3) is 10.9 Å². The molecule has 1 aliphatic heterocycles. The van der Waals surface area contributed by atoms with Crippen molar-refractivity contribution in [2.75, 3.05) is 45.8 Å². The summed E-state index contributed by atoms with van der Waals surface area (Å²) in [7, 11) is 1.92. The zero-order chi connectivity index (χ0) is 19.4. The van der Waals surface area contributed by atoms with Gasteiger partial charge >= 0.3 is 0 Å². The molecule has 0 unspecified atom stereocenters. The molecule has 27 heavy (non-hydrogen) atoms. The lowest BCUT2D eigenvalue weighted by Crippen LogP contribution is -2.46. The van der Waals surface area contributed by atoms with Crippen LogP contribution in [0.3, 0.4) is 0 Å². The number of likely N-dealkylation sites (N-methyl/N-ethyl adjacent to an activating group) is 1. The standard InChI is InChI=1S/C21H30N4O2/c1-4-24-12-14-25(15-13-24)11-7-10-22-21(27)20(26)19-16(2)23(3)18-9-6-5-8-17(18)19/h5-6,8-9H,4,7,10-15H2,1-3H3,(H,22,27). The van der Waals surface area contributed by atoms with Crippen LogP contribution in [-0.4, -0.2) is 71.9 Å². The molecule has 0 aliphatic carbocycles. The number of nitrogens with one attached hydrogen (secondary N) is 1. The van der Waals surface area contributed by atoms with E-state index in [9.17, 15) is 9.59 Å². The number of rotatable bonds is 7. The highest BCUT2D eigenvalue weighted by molar-refractivity contribution is 6.45. The minimum atomic E-state index is -0.509. The molecule has 1 saturated heterocycles. The topological polar surface area (TPSA) is 57.6 Å². The molecular formula is C21H30N4O2. The third-order valence-electron chi connectivity index (χ3n) is 5.68. The lowest BCUT2D eigenvalue weighted by Gasteiger charge is -2.33. The van der Waals surface area contributed by atoms with Crippen molar-refractivity contribution in [1.29, 1.82) is 0 Å². The Morgan fingerprint density at radius 2 is 1.74 bits per heavy atom. The number of hydrogen-bond acceptors (Lipinski definition) is 4. The Morgan fingerprint density at radius 1 is 1.07 bits per heavy atom. The van der Waals surface area contributed by atoms with Gasteiger partial charge in [-0.15, -0.1) is 0 Å². The number of para-hydroxylation sites is 1. The number of benzene rings is 1. The van der Waals surface area contributed by atoms with Gasteiger partial charge in [0.05, 0.1) is 5.56 Å². The van der Waals surface area contributed by atoms with Gasteiger partial charge in [0.1, 0.15) is 0 Å². The molecule has 0 radical (unpaired) electrons. The second-order valence-electron chi connectivity index (χ2n) is 7.25. The maximum atomic E-state index is 12.7. The van der Waals surface area contributed by atoms with Crippen molar-refractivity contribution in [3.8, 4) is 0 Å². The number of amides is 1. The largest absolute Gasteiger partial charge is 0.349 e. The van der Waals surface area contributed by atoms with Crippen molar-refractivity contribution in [3.05, 3.63) is 35.5 Å². The van der Waals surface area contributed by atoms with Crippen LogP contribution in [-0.2, 0) is 11.8 Å². The first-order valence-corrected chi connectivity index (χ1v) is 9.84. The normalized spacial score (nSPS) is 16.0. The van der Waals surface area contributed by atoms with Gasteiger partial charge in [-0.2, -0.15) is 0 Å². The average Bonchev–Trinajstić information content (AvgIpc) is 2.95. The first-order valence-electron chi connectivity index (χ1n) is 9.84. The summed E-state index contributed by atoms with van der Waals surface area (Å²) in [6.45, 7) is 11.1. The van der Waals surface area contributed by atoms with Crippen LogP contribution in [0.15, 0.2) is 24.3 Å². The Morgan fingerprint density at radius 3 is 2.44 bits per heavy atom. The smallest absolute Gasteiger partial charge is 0.292 e. The van der Waals surface area contributed by atoms with Gasteiger partial charge in [-0.1, -0.05) is 25.1 Å². The Balaban J connectivity index is 1.52. The molecular weight excluding hydrogens is 340 g/mol. The van der Waals surface area contributed by atoms with Gasteiger partial charge in [0, 0.05) is 56.4 Å². The lowest BCUT2D eigenvalue weighted by atomic mass is 10.1. The molecule has 1 aliphatic rings. The monoisotopic (exact) mass is 370 g/mol. The minimum absolute atomic E-state index is 0.444. The van der Waals surface area contributed by atoms with Gasteiger partial charge in [-0.05, 0) is 32.5 Å². The summed E-state index contributed by atoms with van der Waals surface area (Å²) >= 11 is 0. The molecule has 146 valence electrons. The van der Waals surface area contributed by atoms with Gasteiger partial charge in [-0.3, -0.25) is 9.59 Å². The number of fused-ring (bicyclic) bond motifs is 1. The van der Waals surface area contributed by atoms with E-state index in [-0.39, 0.29) is 0 Å². The molecule has 3 rings (SSSR count). The van der Waals surface area contributed by atoms with E-state index in [1.165, 1.54) is 0 Å². The predicted octanol–water partition coefficient (Wildman–Crippen LogP) is 1.81. The number of piperazine rings is 1. The van der Waals surface area contributed by atoms with Crippen LogP contribution >= 0.6 is 0 Å². The number of nitrogens with zero attached hydrogens (tertiary/aromatic N) is 3. The molecule has 0 atom stereocenters. The second-order valence-corrected chi connectivity index (χ2v) is 7.25. The fourth-order valence-corrected chi connectivity index (χ4v) is 3.83. The van der Waals surface area contributed by atoms with Gasteiger partial charge in [0.15, 0.2) is 0 Å². The van der Waals surface area contributed by atoms with Crippen LogP contribution in [0.4, 0.5) is 0 Å². The van der Waals surface area contributed by atoms with Gasteiger partial charge in [-0.25, -0.2) is 0 Å². The van der Waals surface area contributed by atoms with Crippen molar-refractivity contribution < 1.29 is 9.59 Å². The highest BCUT2D eigenvalue weighted by atomic mass is 16.2. The zero-order valence-electron chi connectivity index (χ0n) is 16.6. The molecule has 0 saturated carbocycles. The van der Waals surface area contributed by atoms with Gasteiger partial charge in [0.2, 0.25) is 0 Å². The highest BCUT2D eigenvalue weighted by Gasteiger charge is 2.23. The molecule has 2 aromatic rings. The minimum Gasteiger partial charge on any atom is -0.349 e. The number of aryl methyl sites for hydroxylation is 1. The van der Waals surface area contributed by atoms with Crippen LogP contribution in [0.1, 0.15) is 29.4 Å². The summed E-state index contributed by atoms with van der Waals surface area (Å²) in [5.74, 6) is -0.953. The first-order chi connectivity index (χ1) is 13.0. The maximum absolute atomic E-state index is 12.7. The number of ketones is 1. The number of carbonyl (C=O) groups excluding carboxylic acids is 2. The van der Waals surface area contributed by atoms with Crippen molar-refractivity contribution >= 4 is 22.6 Å². The Kier molecular flexibility index (Phi) is 6.29. The van der Waals surface area contributed by atoms with Gasteiger partial charge in [0.25, 0.3) is 11.7 Å². The molecule has 0 spiro atoms. The summed E-state index contributed by atoms with van der Waals surface area (Å²) < 4.78 is 1.96. The molecule has 1 fully saturated rings. The van der Waals surface area contributed by atoms with Crippen molar-refractivity contribution in [1.82, 2.24) is 19.7 Å². The van der Waals surface area contributed by atoms with Gasteiger partial charge < -0.3 is 19.7 Å². The number of carbonyl (C=O) groups is 2. The summed E-state index contributed by atoms with van der Waals surface area (Å²) in [6, 6.07) is 7.71. The summed E-state index contributed by atoms with van der Waals surface area (Å²) in [5, 5.41) is 3.65. The quantitative estimate of drug-likeness (QED) is 0.459. The fraction of sp³-hybridized carbons (Fsp3) is 0.524. The highest BCUT2D eigenvalue weighted by Crippen LogP contribution is 2.25. The van der Waals surface area contributed by atoms with Crippen LogP contribution in [0, 0.1) is 6.92 Å². The van der Waals surface area contributed by atoms with E-state index in [2.05, 4.69) is 22.0 Å². The van der Waals surface area contributed by atoms with Crippen molar-refractivity contribution in [2.24, 2.45) is 7.05 Å². The van der Waals surface area contributed by atoms with Crippen LogP contribution in [0.2, 0.25) is 0 Å². The number of aromatic nitrogens is 1. The SMILES string of the molecule is CCN1CCN(CCCNC(=O)C(=O)c2c(C)n(C)c3ccccc23)CC1. The fourth-order valence-electron chi connectivity index (χ4n) is 3.83. The molecule has 1 N–H and O–H groups in total. The lowest BCUT2D eigenvalue weighted by molar-refractivity contribution is -0.117.